The second-order valence-electron chi connectivity index (χ2n) is 6.36. The molecule has 0 aliphatic carbocycles. The molecule has 0 aliphatic rings. The Kier molecular flexibility index (Phi) is 4.95. The zero-order chi connectivity index (χ0) is 19.5. The molecule has 0 atom stereocenters. The molecule has 0 bridgehead atoms. The van der Waals surface area contributed by atoms with Crippen molar-refractivity contribution in [1.82, 2.24) is 15.4 Å². The average molecular weight is 386 g/mol. The van der Waals surface area contributed by atoms with Crippen LogP contribution in [0.15, 0.2) is 72.1 Å². The minimum atomic E-state index is -0.267. The van der Waals surface area contributed by atoms with Crippen LogP contribution >= 0.6 is 11.3 Å². The molecule has 3 heterocycles. The number of carbonyl (C=O) groups is 1. The van der Waals surface area contributed by atoms with E-state index in [1.54, 1.807) is 23.7 Å². The van der Waals surface area contributed by atoms with Gasteiger partial charge in [0.25, 0.3) is 5.91 Å². The summed E-state index contributed by atoms with van der Waals surface area (Å²) >= 11 is 1.66. The summed E-state index contributed by atoms with van der Waals surface area (Å²) in [4.78, 5) is 24.0. The fourth-order valence-corrected chi connectivity index (χ4v) is 3.73. The van der Waals surface area contributed by atoms with Gasteiger partial charge in [-0.1, -0.05) is 24.3 Å². The molecule has 1 amide bonds. The summed E-state index contributed by atoms with van der Waals surface area (Å²) in [5, 5.41) is 5.04. The first-order chi connectivity index (χ1) is 13.6. The van der Waals surface area contributed by atoms with Crippen molar-refractivity contribution in [3.8, 4) is 10.6 Å². The minimum absolute atomic E-state index is 0.267. The summed E-state index contributed by atoms with van der Waals surface area (Å²) in [6.45, 7) is 3.89. The third-order valence-electron chi connectivity index (χ3n) is 4.36. The van der Waals surface area contributed by atoms with E-state index < -0.39 is 0 Å². The molecule has 0 aliphatic heterocycles. The van der Waals surface area contributed by atoms with E-state index in [0.717, 1.165) is 27.0 Å². The molecule has 0 saturated carbocycles. The van der Waals surface area contributed by atoms with E-state index in [1.165, 1.54) is 4.88 Å². The predicted molar refractivity (Wildman–Crippen MR) is 114 cm³/mol. The summed E-state index contributed by atoms with van der Waals surface area (Å²) in [6.07, 6.45) is 3.41. The number of amides is 1. The van der Waals surface area contributed by atoms with Crippen LogP contribution < -0.4 is 5.43 Å². The van der Waals surface area contributed by atoms with Crippen LogP contribution in [0.4, 0.5) is 0 Å². The summed E-state index contributed by atoms with van der Waals surface area (Å²) in [7, 11) is 0. The maximum absolute atomic E-state index is 12.9. The largest absolute Gasteiger partial charge is 0.272 e. The third kappa shape index (κ3) is 3.68. The lowest BCUT2D eigenvalue weighted by atomic mass is 10.1. The summed E-state index contributed by atoms with van der Waals surface area (Å²) in [5.41, 5.74) is 6.34. The standard InChI is InChI=1S/C22H18N4OS/c1-14-9-10-21(28-14)20-12-18(17-7-3-4-8-19(17)24-20)22(27)26-25-15(2)16-6-5-11-23-13-16/h3-13H,1-2H3,(H,26,27)/b25-15+. The van der Waals surface area contributed by atoms with Crippen molar-refractivity contribution in [2.75, 3.05) is 0 Å². The maximum Gasteiger partial charge on any atom is 0.272 e. The van der Waals surface area contributed by atoms with Crippen LogP contribution in [-0.2, 0) is 0 Å². The number of pyridine rings is 2. The number of hydrogen-bond acceptors (Lipinski definition) is 5. The SMILES string of the molecule is C/C(=N\NC(=O)c1cc(-c2ccc(C)s2)nc2ccccc12)c1cccnc1. The van der Waals surface area contributed by atoms with Gasteiger partial charge in [0, 0.05) is 28.2 Å². The van der Waals surface area contributed by atoms with Crippen molar-refractivity contribution >= 4 is 33.9 Å². The number of nitrogens with zero attached hydrogens (tertiary/aromatic N) is 3. The number of thiophene rings is 1. The average Bonchev–Trinajstić information content (AvgIpc) is 3.18. The first kappa shape index (κ1) is 18.0. The highest BCUT2D eigenvalue weighted by atomic mass is 32.1. The highest BCUT2D eigenvalue weighted by Crippen LogP contribution is 2.29. The lowest BCUT2D eigenvalue weighted by Crippen LogP contribution is -2.20. The van der Waals surface area contributed by atoms with Gasteiger partial charge in [-0.05, 0) is 44.2 Å². The van der Waals surface area contributed by atoms with Crippen molar-refractivity contribution in [2.24, 2.45) is 5.10 Å². The summed E-state index contributed by atoms with van der Waals surface area (Å²) in [5.74, 6) is -0.267. The summed E-state index contributed by atoms with van der Waals surface area (Å²) in [6, 6.07) is 17.3. The lowest BCUT2D eigenvalue weighted by Gasteiger charge is -2.08. The zero-order valence-corrected chi connectivity index (χ0v) is 16.3. The molecule has 0 unspecified atom stereocenters. The smallest absolute Gasteiger partial charge is 0.267 e. The molecule has 6 heteroatoms. The molecule has 0 fully saturated rings. The first-order valence-electron chi connectivity index (χ1n) is 8.83. The molecule has 0 radical (unpaired) electrons. The number of aryl methyl sites for hydroxylation is 1. The van der Waals surface area contributed by atoms with Gasteiger partial charge in [-0.2, -0.15) is 5.10 Å². The molecule has 3 aromatic heterocycles. The molecule has 28 heavy (non-hydrogen) atoms. The number of aromatic nitrogens is 2. The van der Waals surface area contributed by atoms with Gasteiger partial charge in [0.2, 0.25) is 0 Å². The normalized spacial score (nSPS) is 11.6. The van der Waals surface area contributed by atoms with E-state index >= 15 is 0 Å². The van der Waals surface area contributed by atoms with Gasteiger partial charge in [-0.25, -0.2) is 10.4 Å². The Balaban J connectivity index is 1.71. The van der Waals surface area contributed by atoms with Crippen molar-refractivity contribution < 1.29 is 4.79 Å². The Bertz CT molecular complexity index is 1180. The fraction of sp³-hybridized carbons (Fsp3) is 0.0909. The number of rotatable bonds is 4. The quantitative estimate of drug-likeness (QED) is 0.404. The summed E-state index contributed by atoms with van der Waals surface area (Å²) < 4.78 is 0. The number of benzene rings is 1. The Morgan fingerprint density at radius 3 is 2.71 bits per heavy atom. The van der Waals surface area contributed by atoms with Crippen molar-refractivity contribution in [3.05, 3.63) is 83.0 Å². The van der Waals surface area contributed by atoms with Crippen molar-refractivity contribution in [1.29, 1.82) is 0 Å². The molecular formula is C22H18N4OS. The Morgan fingerprint density at radius 2 is 1.96 bits per heavy atom. The van der Waals surface area contributed by atoms with E-state index in [-0.39, 0.29) is 5.91 Å². The van der Waals surface area contributed by atoms with Crippen LogP contribution in [0, 0.1) is 6.92 Å². The van der Waals surface area contributed by atoms with Crippen molar-refractivity contribution in [3.63, 3.8) is 0 Å². The second-order valence-corrected chi connectivity index (χ2v) is 7.65. The van der Waals surface area contributed by atoms with Crippen LogP contribution in [0.1, 0.15) is 27.7 Å². The highest BCUT2D eigenvalue weighted by Gasteiger charge is 2.14. The monoisotopic (exact) mass is 386 g/mol. The fourth-order valence-electron chi connectivity index (χ4n) is 2.90. The Labute approximate surface area is 166 Å². The molecule has 1 aromatic carbocycles. The van der Waals surface area contributed by atoms with Gasteiger partial charge < -0.3 is 0 Å². The molecule has 5 nitrogen and oxygen atoms in total. The number of para-hydroxylation sites is 1. The van der Waals surface area contributed by atoms with Crippen LogP contribution in [0.5, 0.6) is 0 Å². The predicted octanol–water partition coefficient (Wildman–Crippen LogP) is 4.82. The molecule has 4 aromatic rings. The van der Waals surface area contributed by atoms with E-state index in [9.17, 15) is 4.79 Å². The number of nitrogens with one attached hydrogen (secondary N) is 1. The number of fused-ring (bicyclic) bond motifs is 1. The van der Waals surface area contributed by atoms with Crippen LogP contribution in [0.3, 0.4) is 0 Å². The van der Waals surface area contributed by atoms with Gasteiger partial charge >= 0.3 is 0 Å². The van der Waals surface area contributed by atoms with Gasteiger partial charge in [0.05, 0.1) is 27.4 Å². The third-order valence-corrected chi connectivity index (χ3v) is 5.38. The molecule has 1 N–H and O–H groups in total. The van der Waals surface area contributed by atoms with Gasteiger partial charge in [-0.15, -0.1) is 11.3 Å². The first-order valence-corrected chi connectivity index (χ1v) is 9.65. The van der Waals surface area contributed by atoms with Crippen LogP contribution in [0.2, 0.25) is 0 Å². The number of hydrogen-bond donors (Lipinski definition) is 1. The van der Waals surface area contributed by atoms with E-state index in [2.05, 4.69) is 28.5 Å². The number of hydrazone groups is 1. The molecule has 138 valence electrons. The van der Waals surface area contributed by atoms with Crippen LogP contribution in [-0.4, -0.2) is 21.6 Å². The zero-order valence-electron chi connectivity index (χ0n) is 15.5. The topological polar surface area (TPSA) is 67.2 Å². The Hall–Kier alpha value is -3.38. The second kappa shape index (κ2) is 7.70. The molecule has 0 spiro atoms. The van der Waals surface area contributed by atoms with E-state index in [1.807, 2.05) is 55.5 Å². The maximum atomic E-state index is 12.9. The van der Waals surface area contributed by atoms with Gasteiger partial charge in [0.15, 0.2) is 0 Å². The van der Waals surface area contributed by atoms with E-state index in [4.69, 9.17) is 4.98 Å². The van der Waals surface area contributed by atoms with Crippen molar-refractivity contribution in [2.45, 2.75) is 13.8 Å². The van der Waals surface area contributed by atoms with E-state index in [0.29, 0.717) is 11.3 Å². The molecule has 4 rings (SSSR count). The highest BCUT2D eigenvalue weighted by molar-refractivity contribution is 7.15. The van der Waals surface area contributed by atoms with Gasteiger partial charge in [-0.3, -0.25) is 9.78 Å². The Morgan fingerprint density at radius 1 is 1.11 bits per heavy atom. The minimum Gasteiger partial charge on any atom is -0.267 e. The van der Waals surface area contributed by atoms with Crippen LogP contribution in [0.25, 0.3) is 21.5 Å². The molecule has 0 saturated heterocycles. The lowest BCUT2D eigenvalue weighted by molar-refractivity contribution is 0.0956. The van der Waals surface area contributed by atoms with Gasteiger partial charge in [0.1, 0.15) is 0 Å². The molecular weight excluding hydrogens is 368 g/mol. The number of carbonyl (C=O) groups excluding carboxylic acids is 1.